The molecule has 0 aromatic carbocycles. The zero-order valence-electron chi connectivity index (χ0n) is 12.9. The summed E-state index contributed by atoms with van der Waals surface area (Å²) in [6.07, 6.45) is 2.89. The molecule has 122 valence electrons. The maximum absolute atomic E-state index is 13.1. The summed E-state index contributed by atoms with van der Waals surface area (Å²) in [5.41, 5.74) is 0.207. The molecule has 2 heterocycles. The molecule has 2 atom stereocenters. The molecular formula is C15H22FN3O3. The number of halogens is 1. The molecule has 1 N–H and O–H groups in total. The average molecular weight is 311 g/mol. The van der Waals surface area contributed by atoms with Gasteiger partial charge in [0, 0.05) is 19.3 Å². The maximum Gasteiger partial charge on any atom is 0.253 e. The van der Waals surface area contributed by atoms with Crippen LogP contribution in [-0.2, 0) is 9.47 Å². The van der Waals surface area contributed by atoms with E-state index in [9.17, 15) is 9.18 Å². The highest BCUT2D eigenvalue weighted by Crippen LogP contribution is 2.13. The summed E-state index contributed by atoms with van der Waals surface area (Å²) in [6, 6.07) is 1.02. The number of hydrogen-bond donors (Lipinski definition) is 1. The zero-order valence-corrected chi connectivity index (χ0v) is 12.9. The van der Waals surface area contributed by atoms with Crippen molar-refractivity contribution in [2.45, 2.75) is 18.6 Å². The van der Waals surface area contributed by atoms with Crippen LogP contribution in [0.3, 0.4) is 0 Å². The second kappa shape index (κ2) is 8.17. The molecular weight excluding hydrogens is 289 g/mol. The summed E-state index contributed by atoms with van der Waals surface area (Å²) >= 11 is 0. The fourth-order valence-corrected chi connectivity index (χ4v) is 2.22. The number of aromatic nitrogens is 1. The average Bonchev–Trinajstić information content (AvgIpc) is 2.48. The highest BCUT2D eigenvalue weighted by atomic mass is 19.1. The van der Waals surface area contributed by atoms with E-state index in [0.29, 0.717) is 26.2 Å². The number of carbonyl (C=O) groups excluding carboxylic acids is 1. The molecule has 0 radical (unpaired) electrons. The Morgan fingerprint density at radius 2 is 2.36 bits per heavy atom. The molecule has 1 aromatic heterocycles. The lowest BCUT2D eigenvalue weighted by Crippen LogP contribution is -2.50. The molecule has 2 rings (SSSR count). The lowest BCUT2D eigenvalue weighted by molar-refractivity contribution is -0.0690. The van der Waals surface area contributed by atoms with Gasteiger partial charge in [-0.2, -0.15) is 0 Å². The van der Waals surface area contributed by atoms with Gasteiger partial charge in [-0.1, -0.05) is 0 Å². The summed E-state index contributed by atoms with van der Waals surface area (Å²) in [5.74, 6) is -0.876. The van der Waals surface area contributed by atoms with E-state index in [2.05, 4.69) is 10.3 Å². The Morgan fingerprint density at radius 3 is 3.09 bits per heavy atom. The second-order valence-electron chi connectivity index (χ2n) is 5.55. The molecule has 1 aliphatic rings. The van der Waals surface area contributed by atoms with Gasteiger partial charge >= 0.3 is 0 Å². The van der Waals surface area contributed by atoms with Crippen LogP contribution in [0.4, 0.5) is 4.39 Å². The van der Waals surface area contributed by atoms with Gasteiger partial charge in [0.05, 0.1) is 31.0 Å². The van der Waals surface area contributed by atoms with E-state index in [-0.39, 0.29) is 23.6 Å². The summed E-state index contributed by atoms with van der Waals surface area (Å²) in [7, 11) is 3.94. The fraction of sp³-hybridized carbons (Fsp3) is 0.600. The van der Waals surface area contributed by atoms with Crippen molar-refractivity contribution in [3.05, 3.63) is 29.8 Å². The first-order valence-corrected chi connectivity index (χ1v) is 7.32. The largest absolute Gasteiger partial charge is 0.379 e. The van der Waals surface area contributed by atoms with Gasteiger partial charge in [0.15, 0.2) is 0 Å². The van der Waals surface area contributed by atoms with Gasteiger partial charge in [-0.3, -0.25) is 9.78 Å². The van der Waals surface area contributed by atoms with Gasteiger partial charge in [-0.25, -0.2) is 4.39 Å². The van der Waals surface area contributed by atoms with Gasteiger partial charge in [-0.15, -0.1) is 0 Å². The number of carbonyl (C=O) groups is 1. The first kappa shape index (κ1) is 16.8. The van der Waals surface area contributed by atoms with Crippen LogP contribution in [0.2, 0.25) is 0 Å². The Kier molecular flexibility index (Phi) is 6.23. The molecule has 7 heteroatoms. The Bertz CT molecular complexity index is 499. The van der Waals surface area contributed by atoms with Crippen LogP contribution < -0.4 is 5.32 Å². The fourth-order valence-electron chi connectivity index (χ4n) is 2.22. The summed E-state index contributed by atoms with van der Waals surface area (Å²) in [4.78, 5) is 17.9. The second-order valence-corrected chi connectivity index (χ2v) is 5.55. The predicted molar refractivity (Wildman–Crippen MR) is 79.2 cm³/mol. The third-order valence-electron chi connectivity index (χ3n) is 3.46. The van der Waals surface area contributed by atoms with Crippen molar-refractivity contribution in [2.75, 3.05) is 40.5 Å². The molecule has 22 heavy (non-hydrogen) atoms. The van der Waals surface area contributed by atoms with Crippen molar-refractivity contribution in [1.29, 1.82) is 0 Å². The molecule has 0 saturated carbocycles. The molecule has 0 bridgehead atoms. The van der Waals surface area contributed by atoms with Crippen LogP contribution in [0.15, 0.2) is 18.5 Å². The number of pyridine rings is 1. The van der Waals surface area contributed by atoms with Crippen LogP contribution in [0.25, 0.3) is 0 Å². The molecule has 0 spiro atoms. The highest BCUT2D eigenvalue weighted by molar-refractivity contribution is 5.94. The van der Waals surface area contributed by atoms with Crippen molar-refractivity contribution in [3.63, 3.8) is 0 Å². The smallest absolute Gasteiger partial charge is 0.253 e. The third kappa shape index (κ3) is 5.01. The Hall–Kier alpha value is -1.57. The number of nitrogens with one attached hydrogen (secondary N) is 1. The van der Waals surface area contributed by atoms with E-state index >= 15 is 0 Å². The number of likely N-dealkylation sites (N-methyl/N-ethyl adjacent to an activating group) is 1. The molecule has 0 unspecified atom stereocenters. The standard InChI is InChI=1S/C15H22FN3O3/c1-19(2)4-6-22-14-10-21-5-3-13(14)18-15(20)11-7-12(16)9-17-8-11/h7-9,13-14H,3-6,10H2,1-2H3,(H,18,20)/t13-,14-/m1/s1. The third-order valence-corrected chi connectivity index (χ3v) is 3.46. The lowest BCUT2D eigenvalue weighted by Gasteiger charge is -2.32. The predicted octanol–water partition coefficient (Wildman–Crippen LogP) is 0.686. The Labute approximate surface area is 129 Å². The van der Waals surface area contributed by atoms with Crippen molar-refractivity contribution in [1.82, 2.24) is 15.2 Å². The monoisotopic (exact) mass is 311 g/mol. The van der Waals surface area contributed by atoms with Crippen molar-refractivity contribution >= 4 is 5.91 Å². The van der Waals surface area contributed by atoms with Crippen LogP contribution in [-0.4, -0.2) is 68.4 Å². The molecule has 1 saturated heterocycles. The van der Waals surface area contributed by atoms with Gasteiger partial charge in [-0.05, 0) is 26.6 Å². The van der Waals surface area contributed by atoms with Crippen molar-refractivity contribution in [3.8, 4) is 0 Å². The van der Waals surface area contributed by atoms with Gasteiger partial charge in [0.25, 0.3) is 5.91 Å². The summed E-state index contributed by atoms with van der Waals surface area (Å²) < 4.78 is 24.3. The minimum Gasteiger partial charge on any atom is -0.379 e. The van der Waals surface area contributed by atoms with Crippen molar-refractivity contribution < 1.29 is 18.7 Å². The molecule has 1 fully saturated rings. The van der Waals surface area contributed by atoms with Crippen LogP contribution in [0, 0.1) is 5.82 Å². The van der Waals surface area contributed by atoms with Crippen LogP contribution in [0.5, 0.6) is 0 Å². The van der Waals surface area contributed by atoms with E-state index in [1.807, 2.05) is 19.0 Å². The van der Waals surface area contributed by atoms with Gasteiger partial charge in [0.1, 0.15) is 11.9 Å². The number of hydrogen-bond acceptors (Lipinski definition) is 5. The molecule has 1 aromatic rings. The Morgan fingerprint density at radius 1 is 1.55 bits per heavy atom. The number of amides is 1. The number of nitrogens with zero attached hydrogens (tertiary/aromatic N) is 2. The van der Waals surface area contributed by atoms with Crippen LogP contribution in [0.1, 0.15) is 16.8 Å². The Balaban J connectivity index is 1.91. The minimum atomic E-state index is -0.529. The normalized spacial score (nSPS) is 21.8. The summed E-state index contributed by atoms with van der Waals surface area (Å²) in [5, 5.41) is 2.89. The molecule has 1 aliphatic heterocycles. The van der Waals surface area contributed by atoms with Gasteiger partial charge in [0.2, 0.25) is 0 Å². The maximum atomic E-state index is 13.1. The van der Waals surface area contributed by atoms with E-state index < -0.39 is 5.82 Å². The van der Waals surface area contributed by atoms with Gasteiger partial charge < -0.3 is 19.7 Å². The topological polar surface area (TPSA) is 63.7 Å². The molecule has 0 aliphatic carbocycles. The van der Waals surface area contributed by atoms with E-state index in [1.54, 1.807) is 0 Å². The van der Waals surface area contributed by atoms with E-state index in [0.717, 1.165) is 12.7 Å². The van der Waals surface area contributed by atoms with Crippen molar-refractivity contribution in [2.24, 2.45) is 0 Å². The summed E-state index contributed by atoms with van der Waals surface area (Å²) in [6.45, 7) is 2.37. The first-order chi connectivity index (χ1) is 10.6. The number of rotatable bonds is 6. The lowest BCUT2D eigenvalue weighted by atomic mass is 10.1. The molecule has 6 nitrogen and oxygen atoms in total. The van der Waals surface area contributed by atoms with E-state index in [1.165, 1.54) is 12.3 Å². The van der Waals surface area contributed by atoms with E-state index in [4.69, 9.17) is 9.47 Å². The number of ether oxygens (including phenoxy) is 2. The minimum absolute atomic E-state index is 0.147. The molecule has 1 amide bonds. The zero-order chi connectivity index (χ0) is 15.9. The quantitative estimate of drug-likeness (QED) is 0.837. The first-order valence-electron chi connectivity index (χ1n) is 7.32. The SMILES string of the molecule is CN(C)CCO[C@@H]1COCC[C@H]1NC(=O)c1cncc(F)c1. The van der Waals surface area contributed by atoms with Crippen LogP contribution >= 0.6 is 0 Å². The highest BCUT2D eigenvalue weighted by Gasteiger charge is 2.28.